The zero-order valence-corrected chi connectivity index (χ0v) is 15.6. The van der Waals surface area contributed by atoms with Crippen LogP contribution < -0.4 is 10.6 Å². The Morgan fingerprint density at radius 3 is 1.62 bits per heavy atom. The highest BCUT2D eigenvalue weighted by molar-refractivity contribution is 5.74. The van der Waals surface area contributed by atoms with Crippen LogP contribution in [0.5, 0.6) is 0 Å². The molecule has 0 saturated carbocycles. The van der Waals surface area contributed by atoms with Gasteiger partial charge in [-0.3, -0.25) is 20.2 Å². The number of aromatic nitrogens is 5. The number of aliphatic carboxylic acids is 2. The molecule has 11 heteroatoms. The lowest BCUT2D eigenvalue weighted by Gasteiger charge is -2.13. The molecule has 29 heavy (non-hydrogen) atoms. The van der Waals surface area contributed by atoms with Gasteiger partial charge in [0.15, 0.2) is 0 Å². The van der Waals surface area contributed by atoms with Crippen LogP contribution in [-0.4, -0.2) is 59.2 Å². The summed E-state index contributed by atoms with van der Waals surface area (Å²) in [5, 5.41) is 24.7. The van der Waals surface area contributed by atoms with E-state index in [0.29, 0.717) is 25.9 Å². The van der Waals surface area contributed by atoms with Crippen molar-refractivity contribution >= 4 is 11.9 Å². The van der Waals surface area contributed by atoms with Crippen molar-refractivity contribution in [2.75, 3.05) is 0 Å². The van der Waals surface area contributed by atoms with Crippen LogP contribution in [0.4, 0.5) is 0 Å². The van der Waals surface area contributed by atoms with Gasteiger partial charge in [0, 0.05) is 61.1 Å². The quantitative estimate of drug-likeness (QED) is 0.223. The lowest BCUT2D eigenvalue weighted by Crippen LogP contribution is -2.38. The van der Waals surface area contributed by atoms with Crippen molar-refractivity contribution < 1.29 is 19.8 Å². The van der Waals surface area contributed by atoms with Crippen LogP contribution >= 0.6 is 0 Å². The van der Waals surface area contributed by atoms with Gasteiger partial charge in [0.2, 0.25) is 0 Å². The van der Waals surface area contributed by atoms with E-state index in [1.165, 1.54) is 12.7 Å². The van der Waals surface area contributed by atoms with E-state index in [9.17, 15) is 19.8 Å². The van der Waals surface area contributed by atoms with E-state index in [-0.39, 0.29) is 0 Å². The number of nitrogens with one attached hydrogen (secondary N) is 5. The number of hydrogen-bond donors (Lipinski definition) is 7. The summed E-state index contributed by atoms with van der Waals surface area (Å²) < 4.78 is 0. The summed E-state index contributed by atoms with van der Waals surface area (Å²) in [6, 6.07) is 2.16. The van der Waals surface area contributed by atoms with Crippen LogP contribution in [-0.2, 0) is 35.5 Å². The molecule has 0 aromatic carbocycles. The summed E-state index contributed by atoms with van der Waals surface area (Å²) in [6.07, 6.45) is 6.79. The molecule has 0 aliphatic carbocycles. The van der Waals surface area contributed by atoms with Crippen LogP contribution in [0.25, 0.3) is 0 Å². The summed E-state index contributed by atoms with van der Waals surface area (Å²) in [4.78, 5) is 39.6. The van der Waals surface area contributed by atoms with Gasteiger partial charge in [-0.1, -0.05) is 0 Å². The lowest BCUT2D eigenvalue weighted by atomic mass is 10.1. The van der Waals surface area contributed by atoms with E-state index < -0.39 is 24.0 Å². The monoisotopic (exact) mass is 401 g/mol. The second-order valence-electron chi connectivity index (χ2n) is 6.61. The van der Waals surface area contributed by atoms with Crippen LogP contribution in [0, 0.1) is 0 Å². The van der Waals surface area contributed by atoms with Crippen molar-refractivity contribution in [3.63, 3.8) is 0 Å². The maximum Gasteiger partial charge on any atom is 0.321 e. The molecule has 0 amide bonds. The molecule has 0 aliphatic rings. The van der Waals surface area contributed by atoms with Crippen molar-refractivity contribution in [3.8, 4) is 0 Å². The van der Waals surface area contributed by atoms with Crippen molar-refractivity contribution in [1.29, 1.82) is 0 Å². The molecule has 2 atom stereocenters. The summed E-state index contributed by atoms with van der Waals surface area (Å²) in [6.45, 7) is 0.670. The van der Waals surface area contributed by atoms with E-state index in [2.05, 4.69) is 35.6 Å². The van der Waals surface area contributed by atoms with Gasteiger partial charge in [0.1, 0.15) is 12.1 Å². The number of carboxylic acids is 2. The third-order valence-corrected chi connectivity index (χ3v) is 4.44. The largest absolute Gasteiger partial charge is 0.480 e. The summed E-state index contributed by atoms with van der Waals surface area (Å²) in [7, 11) is 0. The molecule has 11 nitrogen and oxygen atoms in total. The van der Waals surface area contributed by atoms with E-state index in [0.717, 1.165) is 22.8 Å². The molecular weight excluding hydrogens is 378 g/mol. The molecule has 0 fully saturated rings. The molecule has 0 aliphatic heterocycles. The topological polar surface area (TPSA) is 172 Å². The Morgan fingerprint density at radius 2 is 1.28 bits per heavy atom. The number of carboxylic acid groups (broad SMARTS) is 2. The molecule has 3 heterocycles. The molecule has 0 saturated heterocycles. The first-order valence-electron chi connectivity index (χ1n) is 9.05. The van der Waals surface area contributed by atoms with E-state index in [1.807, 2.05) is 12.1 Å². The Labute approximate surface area is 166 Å². The molecule has 7 N–H and O–H groups in total. The van der Waals surface area contributed by atoms with Crippen molar-refractivity contribution in [2.45, 2.75) is 38.0 Å². The lowest BCUT2D eigenvalue weighted by molar-refractivity contribution is -0.140. The maximum absolute atomic E-state index is 11.4. The highest BCUT2D eigenvalue weighted by Gasteiger charge is 2.19. The second-order valence-corrected chi connectivity index (χ2v) is 6.61. The van der Waals surface area contributed by atoms with Crippen molar-refractivity contribution in [1.82, 2.24) is 35.6 Å². The van der Waals surface area contributed by atoms with Gasteiger partial charge in [-0.05, 0) is 12.1 Å². The Morgan fingerprint density at radius 1 is 0.828 bits per heavy atom. The molecule has 154 valence electrons. The highest BCUT2D eigenvalue weighted by atomic mass is 16.4. The third kappa shape index (κ3) is 6.02. The summed E-state index contributed by atoms with van der Waals surface area (Å²) in [5.74, 6) is -1.90. The molecule has 3 aromatic heterocycles. The SMILES string of the molecule is O=C(O)[C@H](Cc1cnc[nH]1)NCc1ccc(CN[C@@H](Cc2cnc[nH]2)C(=O)O)[nH]1. The number of H-pyrrole nitrogens is 3. The second kappa shape index (κ2) is 9.66. The van der Waals surface area contributed by atoms with E-state index in [4.69, 9.17) is 0 Å². The van der Waals surface area contributed by atoms with Gasteiger partial charge >= 0.3 is 11.9 Å². The smallest absolute Gasteiger partial charge is 0.321 e. The predicted molar refractivity (Wildman–Crippen MR) is 102 cm³/mol. The molecule has 3 aromatic rings. The van der Waals surface area contributed by atoms with Crippen molar-refractivity contribution in [3.05, 3.63) is 60.0 Å². The summed E-state index contributed by atoms with van der Waals surface area (Å²) >= 11 is 0. The number of rotatable bonds is 12. The molecule has 0 bridgehead atoms. The first kappa shape index (κ1) is 20.3. The Hall–Kier alpha value is -3.44. The van der Waals surface area contributed by atoms with Gasteiger partial charge < -0.3 is 25.2 Å². The molecule has 0 radical (unpaired) electrons. The van der Waals surface area contributed by atoms with Gasteiger partial charge in [-0.2, -0.15) is 0 Å². The predicted octanol–water partition coefficient (Wildman–Crippen LogP) is 0.0319. The average molecular weight is 401 g/mol. The van der Waals surface area contributed by atoms with Crippen LogP contribution in [0.3, 0.4) is 0 Å². The molecule has 0 unspecified atom stereocenters. The first-order valence-corrected chi connectivity index (χ1v) is 9.05. The molecule has 0 spiro atoms. The maximum atomic E-state index is 11.4. The fourth-order valence-corrected chi connectivity index (χ4v) is 2.89. The van der Waals surface area contributed by atoms with Crippen LogP contribution in [0.15, 0.2) is 37.2 Å². The Bertz CT molecular complexity index is 832. The van der Waals surface area contributed by atoms with Gasteiger partial charge in [-0.15, -0.1) is 0 Å². The fraction of sp³-hybridized carbons (Fsp3) is 0.333. The third-order valence-electron chi connectivity index (χ3n) is 4.44. The van der Waals surface area contributed by atoms with E-state index in [1.54, 1.807) is 12.4 Å². The minimum absolute atomic E-state index is 0.290. The normalized spacial score (nSPS) is 13.2. The number of aromatic amines is 3. The Balaban J connectivity index is 1.50. The standard InChI is InChI=1S/C18H23N7O4/c26-17(27)15(3-13-5-19-9-23-13)21-7-11-1-2-12(25-11)8-22-16(18(28)29)4-14-6-20-10-24-14/h1-2,5-6,9-10,15-16,21-22,25H,3-4,7-8H2,(H,19,23)(H,20,24)(H,26,27)(H,28,29)/t15-,16-/m0/s1. The van der Waals surface area contributed by atoms with Crippen molar-refractivity contribution in [2.24, 2.45) is 0 Å². The molecular formula is C18H23N7O4. The van der Waals surface area contributed by atoms with Gasteiger partial charge in [0.25, 0.3) is 0 Å². The minimum atomic E-state index is -0.948. The van der Waals surface area contributed by atoms with Crippen LogP contribution in [0.1, 0.15) is 22.8 Å². The number of hydrogen-bond acceptors (Lipinski definition) is 6. The number of carbonyl (C=O) groups is 2. The number of imidazole rings is 2. The zero-order valence-electron chi connectivity index (χ0n) is 15.6. The van der Waals surface area contributed by atoms with E-state index >= 15 is 0 Å². The fourth-order valence-electron chi connectivity index (χ4n) is 2.89. The average Bonchev–Trinajstić information content (AvgIpc) is 3.45. The van der Waals surface area contributed by atoms with Crippen LogP contribution in [0.2, 0.25) is 0 Å². The first-order chi connectivity index (χ1) is 14.0. The Kier molecular flexibility index (Phi) is 6.76. The van der Waals surface area contributed by atoms with Gasteiger partial charge in [-0.25, -0.2) is 9.97 Å². The van der Waals surface area contributed by atoms with Gasteiger partial charge in [0.05, 0.1) is 12.7 Å². The minimum Gasteiger partial charge on any atom is -0.480 e. The molecule has 3 rings (SSSR count). The summed E-state index contributed by atoms with van der Waals surface area (Å²) in [5.41, 5.74) is 3.08. The zero-order chi connectivity index (χ0) is 20.6. The highest BCUT2D eigenvalue weighted by Crippen LogP contribution is 2.06. The number of nitrogens with zero attached hydrogens (tertiary/aromatic N) is 2.